The summed E-state index contributed by atoms with van der Waals surface area (Å²) in [5.41, 5.74) is 1.45. The first-order valence-electron chi connectivity index (χ1n) is 7.30. The van der Waals surface area contributed by atoms with Crippen molar-refractivity contribution in [3.05, 3.63) is 35.9 Å². The van der Waals surface area contributed by atoms with Gasteiger partial charge in [0, 0.05) is 32.4 Å². The average molecular weight is 279 g/mol. The normalized spacial score (nSPS) is 23.8. The number of nitrogens with zero attached hydrogens (tertiary/aromatic N) is 2. The van der Waals surface area contributed by atoms with E-state index in [1.54, 1.807) is 0 Å². The quantitative estimate of drug-likeness (QED) is 0.684. The van der Waals surface area contributed by atoms with E-state index < -0.39 is 0 Å². The minimum atomic E-state index is 0. The molecule has 1 aromatic rings. The minimum Gasteiger partial charge on any atom is -1.00 e. The smallest absolute Gasteiger partial charge is 0.209 e. The minimum absolute atomic E-state index is 0. The van der Waals surface area contributed by atoms with Gasteiger partial charge in [-0.3, -0.25) is 0 Å². The van der Waals surface area contributed by atoms with Crippen molar-refractivity contribution in [2.24, 2.45) is 0 Å². The lowest BCUT2D eigenvalue weighted by atomic mass is 10.1. The Bertz CT molecular complexity index is 416. The molecule has 19 heavy (non-hydrogen) atoms. The molecule has 1 atom stereocenters. The van der Waals surface area contributed by atoms with E-state index in [4.69, 9.17) is 0 Å². The van der Waals surface area contributed by atoms with Gasteiger partial charge in [-0.05, 0) is 18.4 Å². The predicted octanol–water partition coefficient (Wildman–Crippen LogP) is -0.120. The van der Waals surface area contributed by atoms with Gasteiger partial charge in [0.1, 0.15) is 12.8 Å². The van der Waals surface area contributed by atoms with Crippen LogP contribution in [0.4, 0.5) is 0 Å². The third-order valence-corrected chi connectivity index (χ3v) is 4.17. The van der Waals surface area contributed by atoms with Crippen LogP contribution in [-0.2, 0) is 6.54 Å². The van der Waals surface area contributed by atoms with Crippen LogP contribution in [0.15, 0.2) is 30.3 Å². The van der Waals surface area contributed by atoms with Crippen molar-refractivity contribution >= 4 is 6.21 Å². The van der Waals surface area contributed by atoms with Crippen LogP contribution in [0.5, 0.6) is 0 Å². The van der Waals surface area contributed by atoms with Crippen LogP contribution in [0.3, 0.4) is 0 Å². The van der Waals surface area contributed by atoms with Crippen molar-refractivity contribution in [3.63, 3.8) is 0 Å². The molecule has 0 N–H and O–H groups in total. The Balaban J connectivity index is 0.00000133. The zero-order chi connectivity index (χ0) is 12.2. The van der Waals surface area contributed by atoms with Gasteiger partial charge in [-0.1, -0.05) is 30.3 Å². The van der Waals surface area contributed by atoms with Crippen molar-refractivity contribution in [2.75, 3.05) is 13.1 Å². The molecule has 1 unspecified atom stereocenters. The molecule has 0 aromatic heterocycles. The molecule has 3 rings (SSSR count). The molecule has 0 amide bonds. The number of rotatable bonds is 2. The second-order valence-corrected chi connectivity index (χ2v) is 5.50. The van der Waals surface area contributed by atoms with Crippen LogP contribution in [-0.4, -0.2) is 34.9 Å². The Labute approximate surface area is 122 Å². The van der Waals surface area contributed by atoms with Gasteiger partial charge in [0.05, 0.1) is 0 Å². The van der Waals surface area contributed by atoms with E-state index in [-0.39, 0.29) is 12.4 Å². The Morgan fingerprint density at radius 3 is 2.79 bits per heavy atom. The van der Waals surface area contributed by atoms with E-state index in [9.17, 15) is 0 Å². The number of benzene rings is 1. The van der Waals surface area contributed by atoms with Crippen molar-refractivity contribution < 1.29 is 17.0 Å². The third-order valence-electron chi connectivity index (χ3n) is 4.17. The zero-order valence-corrected chi connectivity index (χ0v) is 12.2. The van der Waals surface area contributed by atoms with Gasteiger partial charge in [-0.25, -0.2) is 9.48 Å². The second kappa shape index (κ2) is 7.06. The van der Waals surface area contributed by atoms with Crippen molar-refractivity contribution in [1.29, 1.82) is 0 Å². The molecule has 0 bridgehead atoms. The van der Waals surface area contributed by atoms with Crippen LogP contribution in [0.1, 0.15) is 37.7 Å². The molecule has 2 aliphatic heterocycles. The first kappa shape index (κ1) is 14.5. The fraction of sp³-hybridized carbons (Fsp3) is 0.562. The van der Waals surface area contributed by atoms with Gasteiger partial charge >= 0.3 is 0 Å². The Kier molecular flexibility index (Phi) is 5.41. The lowest BCUT2D eigenvalue weighted by Crippen LogP contribution is -3.00. The highest BCUT2D eigenvalue weighted by atomic mass is 35.5. The molecule has 0 saturated carbocycles. The van der Waals surface area contributed by atoms with Crippen molar-refractivity contribution in [1.82, 2.24) is 4.90 Å². The molecule has 2 aliphatic rings. The summed E-state index contributed by atoms with van der Waals surface area (Å²) in [6.07, 6.45) is 9.77. The molecule has 0 aliphatic carbocycles. The second-order valence-electron chi connectivity index (χ2n) is 5.50. The molecule has 1 aromatic carbocycles. The molecule has 1 fully saturated rings. The molecular formula is C16H23ClN2. The van der Waals surface area contributed by atoms with Gasteiger partial charge in [0.15, 0.2) is 0 Å². The standard InChI is InChI=1S/C16H23N2.ClH/c1-3-8-15(9-4-1)14-18-13-7-12-17-11-6-2-5-10-16(17)18;/h1,3-4,8-9,11,16H,2,5-7,10,12-14H2;1H/q+1;/p-1. The monoisotopic (exact) mass is 278 g/mol. The highest BCUT2D eigenvalue weighted by Gasteiger charge is 2.32. The largest absolute Gasteiger partial charge is 1.00 e. The van der Waals surface area contributed by atoms with Gasteiger partial charge in [-0.2, -0.15) is 0 Å². The van der Waals surface area contributed by atoms with Gasteiger partial charge < -0.3 is 12.4 Å². The van der Waals surface area contributed by atoms with E-state index in [2.05, 4.69) is 46.0 Å². The summed E-state index contributed by atoms with van der Waals surface area (Å²) in [5.74, 6) is 0. The lowest BCUT2D eigenvalue weighted by molar-refractivity contribution is -0.601. The van der Waals surface area contributed by atoms with E-state index in [0.29, 0.717) is 6.17 Å². The average Bonchev–Trinajstić information content (AvgIpc) is 2.66. The van der Waals surface area contributed by atoms with Gasteiger partial charge in [0.25, 0.3) is 0 Å². The third kappa shape index (κ3) is 3.58. The highest BCUT2D eigenvalue weighted by molar-refractivity contribution is 5.51. The topological polar surface area (TPSA) is 6.25 Å². The van der Waals surface area contributed by atoms with E-state index in [0.717, 1.165) is 6.54 Å². The van der Waals surface area contributed by atoms with Crippen LogP contribution >= 0.6 is 0 Å². The molecule has 0 radical (unpaired) electrons. The summed E-state index contributed by atoms with van der Waals surface area (Å²) in [4.78, 5) is 2.67. The molecular weight excluding hydrogens is 256 g/mol. The first-order chi connectivity index (χ1) is 8.93. The molecule has 1 saturated heterocycles. The van der Waals surface area contributed by atoms with Crippen LogP contribution in [0, 0.1) is 0 Å². The lowest BCUT2D eigenvalue weighted by Gasteiger charge is -2.32. The maximum Gasteiger partial charge on any atom is 0.209 e. The van der Waals surface area contributed by atoms with Crippen molar-refractivity contribution in [3.8, 4) is 0 Å². The van der Waals surface area contributed by atoms with Gasteiger partial charge in [-0.15, -0.1) is 0 Å². The molecule has 104 valence electrons. The Hall–Kier alpha value is -0.860. The summed E-state index contributed by atoms with van der Waals surface area (Å²) in [7, 11) is 0. The molecule has 2 heterocycles. The maximum atomic E-state index is 2.67. The summed E-state index contributed by atoms with van der Waals surface area (Å²) >= 11 is 0. The fourth-order valence-electron chi connectivity index (χ4n) is 3.26. The molecule has 2 nitrogen and oxygen atoms in total. The number of hydrogen-bond donors (Lipinski definition) is 0. The Morgan fingerprint density at radius 2 is 1.95 bits per heavy atom. The number of halogens is 1. The summed E-state index contributed by atoms with van der Waals surface area (Å²) in [5, 5.41) is 0. The summed E-state index contributed by atoms with van der Waals surface area (Å²) in [6.45, 7) is 3.62. The predicted molar refractivity (Wildman–Crippen MR) is 74.9 cm³/mol. The fourth-order valence-corrected chi connectivity index (χ4v) is 3.26. The van der Waals surface area contributed by atoms with E-state index >= 15 is 0 Å². The molecule has 0 spiro atoms. The van der Waals surface area contributed by atoms with Crippen molar-refractivity contribution in [2.45, 2.75) is 44.8 Å². The van der Waals surface area contributed by atoms with Crippen LogP contribution in [0.2, 0.25) is 0 Å². The van der Waals surface area contributed by atoms with Crippen LogP contribution in [0.25, 0.3) is 0 Å². The number of fused-ring (bicyclic) bond motifs is 1. The maximum absolute atomic E-state index is 2.67. The summed E-state index contributed by atoms with van der Waals surface area (Å²) in [6, 6.07) is 10.9. The molecule has 3 heteroatoms. The number of hydrogen-bond acceptors (Lipinski definition) is 1. The Morgan fingerprint density at radius 1 is 1.11 bits per heavy atom. The van der Waals surface area contributed by atoms with Crippen LogP contribution < -0.4 is 12.4 Å². The first-order valence-corrected chi connectivity index (χ1v) is 7.30. The summed E-state index contributed by atoms with van der Waals surface area (Å²) < 4.78 is 2.60. The highest BCUT2D eigenvalue weighted by Crippen LogP contribution is 2.21. The van der Waals surface area contributed by atoms with E-state index in [1.165, 1.54) is 50.8 Å². The van der Waals surface area contributed by atoms with E-state index in [1.807, 2.05) is 0 Å². The van der Waals surface area contributed by atoms with Gasteiger partial charge in [0.2, 0.25) is 6.17 Å². The zero-order valence-electron chi connectivity index (χ0n) is 11.5. The SMILES string of the molecule is C1=[N+]2CCCN(Cc3ccccc3)C2CCCC1.[Cl-].